The van der Waals surface area contributed by atoms with Crippen molar-refractivity contribution >= 4 is 22.6 Å². The van der Waals surface area contributed by atoms with Crippen molar-refractivity contribution in [1.82, 2.24) is 14.5 Å². The van der Waals surface area contributed by atoms with Gasteiger partial charge in [0.15, 0.2) is 5.65 Å². The third-order valence-corrected chi connectivity index (χ3v) is 3.51. The zero-order valence-corrected chi connectivity index (χ0v) is 12.2. The van der Waals surface area contributed by atoms with Gasteiger partial charge in [0.25, 0.3) is 5.56 Å². The summed E-state index contributed by atoms with van der Waals surface area (Å²) in [6.07, 6.45) is -4.81. The number of alkyl halides is 3. The Hall–Kier alpha value is -2.68. The van der Waals surface area contributed by atoms with E-state index in [-0.39, 0.29) is 10.4 Å². The molecule has 0 spiro atoms. The minimum absolute atomic E-state index is 0.232. The van der Waals surface area contributed by atoms with Crippen LogP contribution in [0.1, 0.15) is 5.69 Å². The Morgan fingerprint density at radius 1 is 1.12 bits per heavy atom. The van der Waals surface area contributed by atoms with E-state index in [0.29, 0.717) is 10.6 Å². The lowest BCUT2D eigenvalue weighted by molar-refractivity contribution is -0.141. The number of pyridine rings is 1. The molecule has 0 fully saturated rings. The van der Waals surface area contributed by atoms with Crippen LogP contribution >= 0.6 is 11.6 Å². The monoisotopic (exact) mass is 359 g/mol. The molecular formula is C14H6ClF4N3O2. The van der Waals surface area contributed by atoms with Gasteiger partial charge in [-0.05, 0) is 24.3 Å². The van der Waals surface area contributed by atoms with Gasteiger partial charge in [0, 0.05) is 0 Å². The normalized spacial score (nSPS) is 11.9. The first-order valence-electron chi connectivity index (χ1n) is 6.38. The Morgan fingerprint density at radius 3 is 2.46 bits per heavy atom. The number of benzene rings is 1. The molecule has 0 amide bonds. The molecule has 0 aliphatic heterocycles. The average molecular weight is 360 g/mol. The maximum atomic E-state index is 14.1. The van der Waals surface area contributed by atoms with E-state index < -0.39 is 40.3 Å². The zero-order chi connectivity index (χ0) is 17.6. The van der Waals surface area contributed by atoms with Crippen molar-refractivity contribution < 1.29 is 17.6 Å². The SMILES string of the molecule is O=c1[nH]c(=O)n(-c2c(F)cccc2Cl)c2nc(C(F)(F)F)ccc12. The molecule has 0 saturated heterocycles. The number of para-hydroxylation sites is 1. The molecule has 3 rings (SSSR count). The molecule has 3 aromatic rings. The fraction of sp³-hybridized carbons (Fsp3) is 0.0714. The summed E-state index contributed by atoms with van der Waals surface area (Å²) in [6, 6.07) is 4.92. The number of aromatic nitrogens is 3. The number of H-pyrrole nitrogens is 1. The second-order valence-electron chi connectivity index (χ2n) is 4.73. The summed E-state index contributed by atoms with van der Waals surface area (Å²) >= 11 is 5.86. The molecule has 0 aliphatic rings. The van der Waals surface area contributed by atoms with Gasteiger partial charge in [-0.25, -0.2) is 18.7 Å². The highest BCUT2D eigenvalue weighted by molar-refractivity contribution is 6.32. The molecule has 24 heavy (non-hydrogen) atoms. The number of rotatable bonds is 1. The van der Waals surface area contributed by atoms with E-state index in [4.69, 9.17) is 11.6 Å². The molecular weight excluding hydrogens is 354 g/mol. The number of nitrogens with zero attached hydrogens (tertiary/aromatic N) is 2. The van der Waals surface area contributed by atoms with Gasteiger partial charge in [-0.15, -0.1) is 0 Å². The molecule has 124 valence electrons. The molecule has 0 radical (unpaired) electrons. The number of aromatic amines is 1. The van der Waals surface area contributed by atoms with Crippen LogP contribution in [-0.4, -0.2) is 14.5 Å². The molecule has 0 atom stereocenters. The summed E-state index contributed by atoms with van der Waals surface area (Å²) in [5.74, 6) is -0.961. The number of hydrogen-bond donors (Lipinski definition) is 1. The fourth-order valence-electron chi connectivity index (χ4n) is 2.18. The van der Waals surface area contributed by atoms with E-state index in [0.717, 1.165) is 12.1 Å². The Balaban J connectivity index is 2.52. The van der Waals surface area contributed by atoms with Gasteiger partial charge < -0.3 is 0 Å². The highest BCUT2D eigenvalue weighted by atomic mass is 35.5. The maximum Gasteiger partial charge on any atom is 0.433 e. The van der Waals surface area contributed by atoms with Gasteiger partial charge in [-0.3, -0.25) is 9.78 Å². The molecule has 5 nitrogen and oxygen atoms in total. The molecule has 0 aliphatic carbocycles. The molecule has 0 saturated carbocycles. The second kappa shape index (κ2) is 5.45. The molecule has 2 aromatic heterocycles. The van der Waals surface area contributed by atoms with Crippen LogP contribution in [0.4, 0.5) is 17.6 Å². The van der Waals surface area contributed by atoms with Crippen molar-refractivity contribution in [3.05, 3.63) is 67.7 Å². The van der Waals surface area contributed by atoms with Crippen LogP contribution in [0.2, 0.25) is 5.02 Å². The summed E-state index contributed by atoms with van der Waals surface area (Å²) in [5.41, 5.74) is -4.59. The standard InChI is InChI=1S/C14H6ClF4N3O2/c15-7-2-1-3-8(16)10(7)22-11-6(12(23)21-13(22)24)4-5-9(20-11)14(17,18)19/h1-5H,(H,21,23,24). The number of nitrogens with one attached hydrogen (secondary N) is 1. The van der Waals surface area contributed by atoms with E-state index in [1.165, 1.54) is 12.1 Å². The maximum absolute atomic E-state index is 14.1. The van der Waals surface area contributed by atoms with E-state index in [1.54, 1.807) is 0 Å². The summed E-state index contributed by atoms with van der Waals surface area (Å²) < 4.78 is 53.2. The van der Waals surface area contributed by atoms with Crippen molar-refractivity contribution in [1.29, 1.82) is 0 Å². The van der Waals surface area contributed by atoms with Crippen molar-refractivity contribution in [2.24, 2.45) is 0 Å². The molecule has 1 aromatic carbocycles. The topological polar surface area (TPSA) is 67.8 Å². The molecule has 0 unspecified atom stereocenters. The summed E-state index contributed by atoms with van der Waals surface area (Å²) in [5, 5.41) is -0.549. The summed E-state index contributed by atoms with van der Waals surface area (Å²) in [6.45, 7) is 0. The number of hydrogen-bond acceptors (Lipinski definition) is 3. The van der Waals surface area contributed by atoms with Crippen molar-refractivity contribution in [3.63, 3.8) is 0 Å². The van der Waals surface area contributed by atoms with Gasteiger partial charge in [0.2, 0.25) is 0 Å². The van der Waals surface area contributed by atoms with E-state index in [9.17, 15) is 27.2 Å². The fourth-order valence-corrected chi connectivity index (χ4v) is 2.43. The van der Waals surface area contributed by atoms with Gasteiger partial charge in [-0.2, -0.15) is 13.2 Å². The van der Waals surface area contributed by atoms with Crippen LogP contribution in [0.25, 0.3) is 16.7 Å². The van der Waals surface area contributed by atoms with Crippen LogP contribution in [0.5, 0.6) is 0 Å². The molecule has 1 N–H and O–H groups in total. The quantitative estimate of drug-likeness (QED) is 0.679. The average Bonchev–Trinajstić information content (AvgIpc) is 2.48. The van der Waals surface area contributed by atoms with E-state index >= 15 is 0 Å². The molecule has 0 bridgehead atoms. The number of fused-ring (bicyclic) bond motifs is 1. The van der Waals surface area contributed by atoms with Crippen LogP contribution in [0.3, 0.4) is 0 Å². The lowest BCUT2D eigenvalue weighted by Crippen LogP contribution is -2.31. The smallest absolute Gasteiger partial charge is 0.273 e. The van der Waals surface area contributed by atoms with E-state index in [2.05, 4.69) is 4.98 Å². The predicted molar refractivity (Wildman–Crippen MR) is 77.9 cm³/mol. The Kier molecular flexibility index (Phi) is 3.67. The van der Waals surface area contributed by atoms with Crippen LogP contribution in [0, 0.1) is 5.82 Å². The Labute approximate surface area is 135 Å². The van der Waals surface area contributed by atoms with Gasteiger partial charge in [0.1, 0.15) is 17.2 Å². The summed E-state index contributed by atoms with van der Waals surface area (Å²) in [4.78, 5) is 29.1. The number of halogens is 5. The molecule has 2 heterocycles. The summed E-state index contributed by atoms with van der Waals surface area (Å²) in [7, 11) is 0. The van der Waals surface area contributed by atoms with E-state index in [1.807, 2.05) is 4.98 Å². The third-order valence-electron chi connectivity index (χ3n) is 3.21. The Bertz CT molecular complexity index is 1050. The third kappa shape index (κ3) is 2.56. The highest BCUT2D eigenvalue weighted by Crippen LogP contribution is 2.29. The second-order valence-corrected chi connectivity index (χ2v) is 5.14. The zero-order valence-electron chi connectivity index (χ0n) is 11.5. The largest absolute Gasteiger partial charge is 0.433 e. The van der Waals surface area contributed by atoms with Crippen molar-refractivity contribution in [3.8, 4) is 5.69 Å². The minimum atomic E-state index is -4.81. The highest BCUT2D eigenvalue weighted by Gasteiger charge is 2.33. The van der Waals surface area contributed by atoms with Crippen molar-refractivity contribution in [2.45, 2.75) is 6.18 Å². The van der Waals surface area contributed by atoms with Crippen LogP contribution < -0.4 is 11.2 Å². The Morgan fingerprint density at radius 2 is 1.83 bits per heavy atom. The predicted octanol–water partition coefficient (Wildman–Crippen LogP) is 2.89. The lowest BCUT2D eigenvalue weighted by atomic mass is 10.2. The van der Waals surface area contributed by atoms with Crippen molar-refractivity contribution in [2.75, 3.05) is 0 Å². The van der Waals surface area contributed by atoms with Gasteiger partial charge >= 0.3 is 11.9 Å². The minimum Gasteiger partial charge on any atom is -0.273 e. The molecule has 10 heteroatoms. The first-order valence-corrected chi connectivity index (χ1v) is 6.75. The first kappa shape index (κ1) is 16.2. The van der Waals surface area contributed by atoms with Crippen LogP contribution in [-0.2, 0) is 6.18 Å². The van der Waals surface area contributed by atoms with Gasteiger partial charge in [0.05, 0.1) is 10.4 Å². The lowest BCUT2D eigenvalue weighted by Gasteiger charge is -2.13. The van der Waals surface area contributed by atoms with Gasteiger partial charge in [-0.1, -0.05) is 17.7 Å². The van der Waals surface area contributed by atoms with Crippen LogP contribution in [0.15, 0.2) is 39.9 Å². The first-order chi connectivity index (χ1) is 11.2.